The standard InChI is InChI=1S/C11H12N2OS/c12-7-10-11(4-1-5-13-10)15-8-9-3-2-6-14-9/h1,4-5,9H,2-3,6,8H2. The van der Waals surface area contributed by atoms with Crippen molar-refractivity contribution in [3.8, 4) is 6.07 Å². The van der Waals surface area contributed by atoms with Crippen LogP contribution in [0.4, 0.5) is 0 Å². The molecule has 0 radical (unpaired) electrons. The highest BCUT2D eigenvalue weighted by Crippen LogP contribution is 2.25. The van der Waals surface area contributed by atoms with E-state index in [0.29, 0.717) is 11.8 Å². The Bertz CT molecular complexity index is 369. The summed E-state index contributed by atoms with van der Waals surface area (Å²) in [5, 5.41) is 8.85. The summed E-state index contributed by atoms with van der Waals surface area (Å²) in [7, 11) is 0. The third-order valence-corrected chi connectivity index (χ3v) is 3.50. The van der Waals surface area contributed by atoms with Crippen molar-refractivity contribution in [3.05, 3.63) is 24.0 Å². The molecule has 0 N–H and O–H groups in total. The molecule has 0 saturated carbocycles. The second-order valence-corrected chi connectivity index (χ2v) is 4.47. The molecule has 0 aliphatic carbocycles. The van der Waals surface area contributed by atoms with Gasteiger partial charge in [-0.2, -0.15) is 5.26 Å². The van der Waals surface area contributed by atoms with Crippen LogP contribution in [-0.4, -0.2) is 23.4 Å². The number of pyridine rings is 1. The second kappa shape index (κ2) is 5.15. The van der Waals surface area contributed by atoms with Gasteiger partial charge in [-0.25, -0.2) is 4.98 Å². The molecular weight excluding hydrogens is 208 g/mol. The van der Waals surface area contributed by atoms with E-state index < -0.39 is 0 Å². The summed E-state index contributed by atoms with van der Waals surface area (Å²) in [6.45, 7) is 0.878. The number of hydrogen-bond donors (Lipinski definition) is 0. The first-order valence-corrected chi connectivity index (χ1v) is 5.98. The molecule has 3 nitrogen and oxygen atoms in total. The van der Waals surface area contributed by atoms with E-state index in [1.807, 2.05) is 12.1 Å². The van der Waals surface area contributed by atoms with Gasteiger partial charge >= 0.3 is 0 Å². The van der Waals surface area contributed by atoms with Gasteiger partial charge in [0.05, 0.1) is 6.10 Å². The van der Waals surface area contributed by atoms with Crippen LogP contribution in [0.25, 0.3) is 0 Å². The van der Waals surface area contributed by atoms with Crippen molar-refractivity contribution in [2.24, 2.45) is 0 Å². The molecule has 4 heteroatoms. The monoisotopic (exact) mass is 220 g/mol. The van der Waals surface area contributed by atoms with E-state index in [2.05, 4.69) is 11.1 Å². The smallest absolute Gasteiger partial charge is 0.153 e. The van der Waals surface area contributed by atoms with Gasteiger partial charge in [0, 0.05) is 23.5 Å². The molecule has 1 saturated heterocycles. The lowest BCUT2D eigenvalue weighted by atomic mass is 10.3. The summed E-state index contributed by atoms with van der Waals surface area (Å²) >= 11 is 1.66. The maximum atomic E-state index is 8.85. The maximum absolute atomic E-state index is 8.85. The zero-order chi connectivity index (χ0) is 10.5. The SMILES string of the molecule is N#Cc1ncccc1SCC1CCCO1. The fourth-order valence-corrected chi connectivity index (χ4v) is 2.59. The summed E-state index contributed by atoms with van der Waals surface area (Å²) < 4.78 is 5.52. The zero-order valence-electron chi connectivity index (χ0n) is 8.35. The van der Waals surface area contributed by atoms with Crippen LogP contribution in [0.15, 0.2) is 23.2 Å². The molecule has 2 rings (SSSR count). The van der Waals surface area contributed by atoms with Gasteiger partial charge in [-0.05, 0) is 25.0 Å². The molecule has 15 heavy (non-hydrogen) atoms. The Hall–Kier alpha value is -1.05. The lowest BCUT2D eigenvalue weighted by molar-refractivity contribution is 0.129. The van der Waals surface area contributed by atoms with E-state index in [4.69, 9.17) is 10.00 Å². The Labute approximate surface area is 93.5 Å². The van der Waals surface area contributed by atoms with Gasteiger partial charge in [-0.1, -0.05) is 0 Å². The van der Waals surface area contributed by atoms with E-state index >= 15 is 0 Å². The topological polar surface area (TPSA) is 45.9 Å². The first kappa shape index (κ1) is 10.5. The average molecular weight is 220 g/mol. The highest BCUT2D eigenvalue weighted by atomic mass is 32.2. The summed E-state index contributed by atoms with van der Waals surface area (Å²) in [4.78, 5) is 4.97. The minimum atomic E-state index is 0.349. The van der Waals surface area contributed by atoms with E-state index in [0.717, 1.165) is 30.1 Å². The van der Waals surface area contributed by atoms with Crippen LogP contribution < -0.4 is 0 Å². The van der Waals surface area contributed by atoms with Crippen molar-refractivity contribution < 1.29 is 4.74 Å². The summed E-state index contributed by atoms with van der Waals surface area (Å²) in [5.41, 5.74) is 0.514. The zero-order valence-corrected chi connectivity index (χ0v) is 9.17. The van der Waals surface area contributed by atoms with Crippen molar-refractivity contribution in [2.45, 2.75) is 23.8 Å². The van der Waals surface area contributed by atoms with Crippen LogP contribution in [0.3, 0.4) is 0 Å². The molecule has 2 heterocycles. The molecule has 1 aliphatic rings. The number of thioether (sulfide) groups is 1. The molecule has 0 amide bonds. The molecule has 78 valence electrons. The highest BCUT2D eigenvalue weighted by Gasteiger charge is 2.16. The van der Waals surface area contributed by atoms with Gasteiger partial charge in [-0.3, -0.25) is 0 Å². The van der Waals surface area contributed by atoms with Crippen LogP contribution in [0.1, 0.15) is 18.5 Å². The second-order valence-electron chi connectivity index (χ2n) is 3.41. The molecule has 0 bridgehead atoms. The molecule has 1 fully saturated rings. The molecule has 1 aliphatic heterocycles. The number of nitriles is 1. The Morgan fingerprint density at radius 3 is 3.33 bits per heavy atom. The molecule has 1 aromatic heterocycles. The van der Waals surface area contributed by atoms with Gasteiger partial charge in [0.25, 0.3) is 0 Å². The minimum Gasteiger partial charge on any atom is -0.377 e. The Balaban J connectivity index is 1.95. The highest BCUT2D eigenvalue weighted by molar-refractivity contribution is 7.99. The third kappa shape index (κ3) is 2.71. The van der Waals surface area contributed by atoms with E-state index in [-0.39, 0.29) is 0 Å². The van der Waals surface area contributed by atoms with Crippen LogP contribution in [0, 0.1) is 11.3 Å². The Morgan fingerprint density at radius 1 is 1.67 bits per heavy atom. The fourth-order valence-electron chi connectivity index (χ4n) is 1.55. The van der Waals surface area contributed by atoms with Crippen molar-refractivity contribution >= 4 is 11.8 Å². The molecule has 1 atom stereocenters. The Kier molecular flexibility index (Phi) is 3.59. The van der Waals surface area contributed by atoms with Gasteiger partial charge in [-0.15, -0.1) is 11.8 Å². The predicted molar refractivity (Wildman–Crippen MR) is 58.7 cm³/mol. The maximum Gasteiger partial charge on any atom is 0.153 e. The molecule has 0 spiro atoms. The largest absolute Gasteiger partial charge is 0.377 e. The summed E-state index contributed by atoms with van der Waals surface area (Å²) in [5.74, 6) is 0.917. The normalized spacial score (nSPS) is 20.1. The van der Waals surface area contributed by atoms with Gasteiger partial charge in [0.2, 0.25) is 0 Å². The van der Waals surface area contributed by atoms with E-state index in [1.54, 1.807) is 18.0 Å². The molecular formula is C11H12N2OS. The van der Waals surface area contributed by atoms with Gasteiger partial charge in [0.1, 0.15) is 6.07 Å². The van der Waals surface area contributed by atoms with Crippen molar-refractivity contribution in [1.29, 1.82) is 5.26 Å². The van der Waals surface area contributed by atoms with Crippen LogP contribution in [-0.2, 0) is 4.74 Å². The fraction of sp³-hybridized carbons (Fsp3) is 0.455. The first-order valence-electron chi connectivity index (χ1n) is 4.99. The van der Waals surface area contributed by atoms with E-state index in [9.17, 15) is 0 Å². The summed E-state index contributed by atoms with van der Waals surface area (Å²) in [6.07, 6.45) is 4.29. The van der Waals surface area contributed by atoms with Crippen molar-refractivity contribution in [3.63, 3.8) is 0 Å². The van der Waals surface area contributed by atoms with Crippen molar-refractivity contribution in [2.75, 3.05) is 12.4 Å². The Morgan fingerprint density at radius 2 is 2.60 bits per heavy atom. The quantitative estimate of drug-likeness (QED) is 0.733. The molecule has 1 unspecified atom stereocenters. The molecule has 0 aromatic carbocycles. The third-order valence-electron chi connectivity index (χ3n) is 2.33. The summed E-state index contributed by atoms with van der Waals surface area (Å²) in [6, 6.07) is 5.89. The lowest BCUT2D eigenvalue weighted by Crippen LogP contribution is -2.07. The number of ether oxygens (including phenoxy) is 1. The number of rotatable bonds is 3. The lowest BCUT2D eigenvalue weighted by Gasteiger charge is -2.08. The van der Waals surface area contributed by atoms with Crippen LogP contribution in [0.2, 0.25) is 0 Å². The number of aromatic nitrogens is 1. The van der Waals surface area contributed by atoms with Crippen LogP contribution >= 0.6 is 11.8 Å². The average Bonchev–Trinajstić information content (AvgIpc) is 2.79. The van der Waals surface area contributed by atoms with Gasteiger partial charge in [0.15, 0.2) is 5.69 Å². The number of hydrogen-bond acceptors (Lipinski definition) is 4. The minimum absolute atomic E-state index is 0.349. The molecule has 1 aromatic rings. The predicted octanol–water partition coefficient (Wildman–Crippen LogP) is 2.22. The first-order chi connectivity index (χ1) is 7.40. The van der Waals surface area contributed by atoms with E-state index in [1.165, 1.54) is 0 Å². The van der Waals surface area contributed by atoms with Crippen molar-refractivity contribution in [1.82, 2.24) is 4.98 Å². The number of nitrogens with zero attached hydrogens (tertiary/aromatic N) is 2. The van der Waals surface area contributed by atoms with Crippen LogP contribution in [0.5, 0.6) is 0 Å². The van der Waals surface area contributed by atoms with Gasteiger partial charge < -0.3 is 4.74 Å².